The van der Waals surface area contributed by atoms with Gasteiger partial charge in [-0.1, -0.05) is 53.2 Å². The largest absolute Gasteiger partial charge is 0.371 e. The van der Waals surface area contributed by atoms with E-state index in [1.807, 2.05) is 43.3 Å². The number of sulfonamides is 1. The van der Waals surface area contributed by atoms with Gasteiger partial charge in [0.1, 0.15) is 0 Å². The van der Waals surface area contributed by atoms with Crippen molar-refractivity contribution in [1.82, 2.24) is 14.8 Å². The summed E-state index contributed by atoms with van der Waals surface area (Å²) >= 11 is 0. The van der Waals surface area contributed by atoms with Crippen LogP contribution in [0.1, 0.15) is 24.1 Å². The maximum atomic E-state index is 12.5. The van der Waals surface area contributed by atoms with Gasteiger partial charge >= 0.3 is 0 Å². The number of aromatic nitrogens is 1. The van der Waals surface area contributed by atoms with E-state index in [9.17, 15) is 8.42 Å². The van der Waals surface area contributed by atoms with E-state index in [2.05, 4.69) is 14.8 Å². The predicted octanol–water partition coefficient (Wildman–Crippen LogP) is 3.36. The highest BCUT2D eigenvalue weighted by Crippen LogP contribution is 2.33. The molecule has 0 aliphatic carbocycles. The fourth-order valence-corrected chi connectivity index (χ4v) is 5.49. The minimum absolute atomic E-state index is 0.102. The van der Waals surface area contributed by atoms with Crippen molar-refractivity contribution in [3.63, 3.8) is 0 Å². The standard InChI is InChI=1S/C24H27N3O4S/c1-17-7-10-21(11-8-17)32(28,29)25-14-20-9-12-22-24(30-20)16-27(22)15-19-13-23(31-26-19)18-5-3-2-4-6-18/h2-8,10-11,13,20,22,24-25H,9,12,14-16H2,1H3/t20-,22+,24+/m1/s1. The van der Waals surface area contributed by atoms with Crippen molar-refractivity contribution in [1.29, 1.82) is 0 Å². The Bertz CT molecular complexity index is 1160. The summed E-state index contributed by atoms with van der Waals surface area (Å²) in [6.45, 7) is 3.77. The maximum absolute atomic E-state index is 12.5. The minimum Gasteiger partial charge on any atom is -0.371 e. The molecule has 0 bridgehead atoms. The van der Waals surface area contributed by atoms with Crippen molar-refractivity contribution in [2.75, 3.05) is 13.1 Å². The van der Waals surface area contributed by atoms with Crippen LogP contribution in [0, 0.1) is 6.92 Å². The summed E-state index contributed by atoms with van der Waals surface area (Å²) in [5.41, 5.74) is 2.96. The van der Waals surface area contributed by atoms with Gasteiger partial charge in [0.25, 0.3) is 0 Å². The summed E-state index contributed by atoms with van der Waals surface area (Å²) in [4.78, 5) is 2.64. The number of benzene rings is 2. The molecule has 1 N–H and O–H groups in total. The molecular weight excluding hydrogens is 426 g/mol. The van der Waals surface area contributed by atoms with Crippen molar-refractivity contribution in [3.8, 4) is 11.3 Å². The van der Waals surface area contributed by atoms with Gasteiger partial charge in [-0.05, 0) is 31.9 Å². The van der Waals surface area contributed by atoms with Crippen LogP contribution in [0.3, 0.4) is 0 Å². The Labute approximate surface area is 188 Å². The van der Waals surface area contributed by atoms with E-state index >= 15 is 0 Å². The molecular formula is C24H27N3O4S. The van der Waals surface area contributed by atoms with Crippen LogP contribution in [0.4, 0.5) is 0 Å². The molecule has 3 aromatic rings. The van der Waals surface area contributed by atoms with Crippen LogP contribution in [-0.2, 0) is 21.3 Å². The highest BCUT2D eigenvalue weighted by Gasteiger charge is 2.44. The molecule has 2 aliphatic heterocycles. The van der Waals surface area contributed by atoms with E-state index in [1.165, 1.54) is 0 Å². The first-order valence-corrected chi connectivity index (χ1v) is 12.4. The predicted molar refractivity (Wildman–Crippen MR) is 120 cm³/mol. The number of nitrogens with zero attached hydrogens (tertiary/aromatic N) is 2. The topological polar surface area (TPSA) is 84.7 Å². The second-order valence-corrected chi connectivity index (χ2v) is 10.4. The Hall–Kier alpha value is -2.52. The summed E-state index contributed by atoms with van der Waals surface area (Å²) in [5.74, 6) is 0.776. The lowest BCUT2D eigenvalue weighted by Crippen LogP contribution is -2.64. The molecule has 3 atom stereocenters. The van der Waals surface area contributed by atoms with E-state index in [0.29, 0.717) is 12.6 Å². The van der Waals surface area contributed by atoms with Crippen molar-refractivity contribution in [3.05, 3.63) is 71.9 Å². The Morgan fingerprint density at radius 2 is 1.88 bits per heavy atom. The molecule has 32 heavy (non-hydrogen) atoms. The van der Waals surface area contributed by atoms with Gasteiger partial charge in [-0.3, -0.25) is 4.90 Å². The lowest BCUT2D eigenvalue weighted by molar-refractivity contribution is -0.168. The van der Waals surface area contributed by atoms with E-state index in [-0.39, 0.29) is 17.1 Å². The molecule has 3 heterocycles. The average molecular weight is 454 g/mol. The van der Waals surface area contributed by atoms with Gasteiger partial charge in [0.05, 0.1) is 22.8 Å². The molecule has 0 amide bonds. The van der Waals surface area contributed by atoms with Gasteiger partial charge in [-0.15, -0.1) is 0 Å². The van der Waals surface area contributed by atoms with E-state index in [4.69, 9.17) is 9.26 Å². The van der Waals surface area contributed by atoms with Gasteiger partial charge in [-0.2, -0.15) is 0 Å². The van der Waals surface area contributed by atoms with Crippen LogP contribution in [0.5, 0.6) is 0 Å². The molecule has 0 radical (unpaired) electrons. The Balaban J connectivity index is 1.11. The van der Waals surface area contributed by atoms with Gasteiger partial charge < -0.3 is 9.26 Å². The lowest BCUT2D eigenvalue weighted by atomic mass is 9.89. The zero-order chi connectivity index (χ0) is 22.1. The third-order valence-electron chi connectivity index (χ3n) is 6.28. The van der Waals surface area contributed by atoms with Crippen LogP contribution in [-0.4, -0.2) is 49.8 Å². The van der Waals surface area contributed by atoms with Gasteiger partial charge in [0.2, 0.25) is 10.0 Å². The van der Waals surface area contributed by atoms with E-state index in [1.54, 1.807) is 24.3 Å². The first-order valence-electron chi connectivity index (χ1n) is 10.9. The Morgan fingerprint density at radius 1 is 1.09 bits per heavy atom. The summed E-state index contributed by atoms with van der Waals surface area (Å²) in [6, 6.07) is 19.2. The second-order valence-electron chi connectivity index (χ2n) is 8.58. The molecule has 8 heteroatoms. The molecule has 5 rings (SSSR count). The molecule has 7 nitrogen and oxygen atoms in total. The highest BCUT2D eigenvalue weighted by atomic mass is 32.2. The molecule has 0 spiro atoms. The summed E-state index contributed by atoms with van der Waals surface area (Å²) < 4.78 is 39.4. The Kier molecular flexibility index (Phi) is 5.86. The van der Waals surface area contributed by atoms with Crippen molar-refractivity contribution in [2.45, 2.75) is 49.5 Å². The first kappa shape index (κ1) is 21.3. The number of aryl methyl sites for hydroxylation is 1. The van der Waals surface area contributed by atoms with Gasteiger partial charge in [0.15, 0.2) is 5.76 Å². The molecule has 0 unspecified atom stereocenters. The third kappa shape index (κ3) is 4.49. The molecule has 168 valence electrons. The molecule has 1 aromatic heterocycles. The third-order valence-corrected chi connectivity index (χ3v) is 7.72. The van der Waals surface area contributed by atoms with Crippen molar-refractivity contribution in [2.24, 2.45) is 0 Å². The number of rotatable bonds is 7. The number of hydrogen-bond acceptors (Lipinski definition) is 6. The maximum Gasteiger partial charge on any atom is 0.240 e. The molecule has 2 aromatic carbocycles. The molecule has 2 saturated heterocycles. The zero-order valence-electron chi connectivity index (χ0n) is 18.0. The van der Waals surface area contributed by atoms with Crippen LogP contribution < -0.4 is 4.72 Å². The van der Waals surface area contributed by atoms with Crippen LogP contribution >= 0.6 is 0 Å². The number of likely N-dealkylation sites (tertiary alicyclic amines) is 1. The summed E-state index contributed by atoms with van der Waals surface area (Å²) in [6.07, 6.45) is 1.83. The van der Waals surface area contributed by atoms with Crippen LogP contribution in [0.15, 0.2) is 70.1 Å². The number of fused-ring (bicyclic) bond motifs is 1. The lowest BCUT2D eigenvalue weighted by Gasteiger charge is -2.52. The first-order chi connectivity index (χ1) is 15.5. The van der Waals surface area contributed by atoms with Crippen molar-refractivity contribution < 1.29 is 17.7 Å². The fraction of sp³-hybridized carbons (Fsp3) is 0.375. The van der Waals surface area contributed by atoms with Gasteiger partial charge in [-0.25, -0.2) is 13.1 Å². The summed E-state index contributed by atoms with van der Waals surface area (Å²) in [5, 5.41) is 4.22. The molecule has 2 aliphatic rings. The molecule has 0 saturated carbocycles. The monoisotopic (exact) mass is 453 g/mol. The number of ether oxygens (including phenoxy) is 1. The average Bonchev–Trinajstić information content (AvgIpc) is 3.26. The fourth-order valence-electron chi connectivity index (χ4n) is 4.43. The highest BCUT2D eigenvalue weighted by molar-refractivity contribution is 7.89. The SMILES string of the molecule is Cc1ccc(S(=O)(=O)NC[C@H]2CC[C@H]3[C@H](CN3Cc3cc(-c4ccccc4)on3)O2)cc1. The smallest absolute Gasteiger partial charge is 0.240 e. The van der Waals surface area contributed by atoms with Crippen LogP contribution in [0.25, 0.3) is 11.3 Å². The number of nitrogens with one attached hydrogen (secondary N) is 1. The normalized spacial score (nSPS) is 23.5. The number of hydrogen-bond donors (Lipinski definition) is 1. The summed E-state index contributed by atoms with van der Waals surface area (Å²) in [7, 11) is -3.52. The van der Waals surface area contributed by atoms with Crippen molar-refractivity contribution >= 4 is 10.0 Å². The van der Waals surface area contributed by atoms with E-state index in [0.717, 1.165) is 48.5 Å². The quantitative estimate of drug-likeness (QED) is 0.591. The Morgan fingerprint density at radius 3 is 2.62 bits per heavy atom. The van der Waals surface area contributed by atoms with Gasteiger partial charge in [0, 0.05) is 37.3 Å². The minimum atomic E-state index is -3.52. The van der Waals surface area contributed by atoms with Crippen LogP contribution in [0.2, 0.25) is 0 Å². The molecule has 2 fully saturated rings. The second kappa shape index (κ2) is 8.78. The van der Waals surface area contributed by atoms with E-state index < -0.39 is 10.0 Å². The zero-order valence-corrected chi connectivity index (χ0v) is 18.8.